The number of amides is 1. The van der Waals surface area contributed by atoms with Gasteiger partial charge >= 0.3 is 0 Å². The van der Waals surface area contributed by atoms with E-state index in [2.05, 4.69) is 22.4 Å². The van der Waals surface area contributed by atoms with Gasteiger partial charge in [-0.1, -0.05) is 62.1 Å². The summed E-state index contributed by atoms with van der Waals surface area (Å²) in [6.07, 6.45) is 11.6. The van der Waals surface area contributed by atoms with Crippen molar-refractivity contribution in [1.29, 1.82) is 0 Å². The number of para-hydroxylation sites is 1. The lowest BCUT2D eigenvalue weighted by Crippen LogP contribution is -2.07. The van der Waals surface area contributed by atoms with Gasteiger partial charge in [0.2, 0.25) is 11.0 Å². The van der Waals surface area contributed by atoms with Gasteiger partial charge in [-0.15, -0.1) is 10.2 Å². The molecule has 0 unspecified atom stereocenters. The third-order valence-corrected chi connectivity index (χ3v) is 5.72. The Hall–Kier alpha value is -2.21. The van der Waals surface area contributed by atoms with Crippen molar-refractivity contribution in [1.82, 2.24) is 10.2 Å². The second-order valence-electron chi connectivity index (χ2n) is 6.84. The predicted molar refractivity (Wildman–Crippen MR) is 110 cm³/mol. The second-order valence-corrected chi connectivity index (χ2v) is 7.85. The van der Waals surface area contributed by atoms with Gasteiger partial charge < -0.3 is 4.74 Å². The van der Waals surface area contributed by atoms with E-state index in [1.54, 1.807) is 6.08 Å². The molecule has 1 aromatic heterocycles. The number of ether oxygens (including phenoxy) is 1. The summed E-state index contributed by atoms with van der Waals surface area (Å²) in [4.78, 5) is 12.2. The lowest BCUT2D eigenvalue weighted by atomic mass is 9.90. The van der Waals surface area contributed by atoms with Gasteiger partial charge in [0.05, 0.1) is 6.61 Å². The molecule has 0 saturated heterocycles. The molecule has 1 saturated carbocycles. The van der Waals surface area contributed by atoms with E-state index in [1.807, 2.05) is 24.3 Å². The standard InChI is InChI=1S/C21H27N3O2S/c1-2-3-15-26-18-12-8-7-9-16(18)13-14-19(25)22-21-24-23-20(27-21)17-10-5-4-6-11-17/h7-9,12-14,17H,2-6,10-11,15H2,1H3,(H,22,24,25)/b14-13+. The monoisotopic (exact) mass is 385 g/mol. The molecule has 0 aliphatic heterocycles. The topological polar surface area (TPSA) is 64.1 Å². The Morgan fingerprint density at radius 3 is 2.89 bits per heavy atom. The van der Waals surface area contributed by atoms with E-state index >= 15 is 0 Å². The van der Waals surface area contributed by atoms with E-state index in [0.717, 1.165) is 29.2 Å². The Labute approximate surface area is 164 Å². The highest BCUT2D eigenvalue weighted by Gasteiger charge is 2.19. The van der Waals surface area contributed by atoms with Crippen LogP contribution in [0.3, 0.4) is 0 Å². The van der Waals surface area contributed by atoms with Gasteiger partial charge in [-0.3, -0.25) is 10.1 Å². The summed E-state index contributed by atoms with van der Waals surface area (Å²) in [5.74, 6) is 1.10. The van der Waals surface area contributed by atoms with Crippen molar-refractivity contribution in [2.24, 2.45) is 0 Å². The smallest absolute Gasteiger partial charge is 0.250 e. The van der Waals surface area contributed by atoms with E-state index in [1.165, 1.54) is 49.5 Å². The SMILES string of the molecule is CCCCOc1ccccc1/C=C/C(=O)Nc1nnc(C2CCCCC2)s1. The molecule has 1 amide bonds. The minimum Gasteiger partial charge on any atom is -0.493 e. The third-order valence-electron chi connectivity index (χ3n) is 4.71. The van der Waals surface area contributed by atoms with E-state index in [0.29, 0.717) is 17.7 Å². The van der Waals surface area contributed by atoms with Gasteiger partial charge in [0, 0.05) is 17.6 Å². The molecule has 27 heavy (non-hydrogen) atoms. The van der Waals surface area contributed by atoms with Crippen molar-refractivity contribution >= 4 is 28.5 Å². The number of rotatable bonds is 8. The number of benzene rings is 1. The molecule has 0 spiro atoms. The highest BCUT2D eigenvalue weighted by molar-refractivity contribution is 7.15. The van der Waals surface area contributed by atoms with E-state index in [9.17, 15) is 4.79 Å². The number of anilines is 1. The van der Waals surface area contributed by atoms with Crippen molar-refractivity contribution in [2.75, 3.05) is 11.9 Å². The molecule has 1 aliphatic rings. The molecule has 2 aromatic rings. The van der Waals surface area contributed by atoms with Crippen LogP contribution >= 0.6 is 11.3 Å². The molecule has 3 rings (SSSR count). The Morgan fingerprint density at radius 2 is 2.07 bits per heavy atom. The summed E-state index contributed by atoms with van der Waals surface area (Å²) in [5, 5.41) is 12.8. The molecule has 5 nitrogen and oxygen atoms in total. The summed E-state index contributed by atoms with van der Waals surface area (Å²) in [7, 11) is 0. The average molecular weight is 386 g/mol. The first-order valence-electron chi connectivity index (χ1n) is 9.80. The van der Waals surface area contributed by atoms with E-state index in [4.69, 9.17) is 4.74 Å². The van der Waals surface area contributed by atoms with Crippen LogP contribution < -0.4 is 10.1 Å². The lowest BCUT2D eigenvalue weighted by molar-refractivity contribution is -0.111. The first kappa shape index (κ1) is 19.5. The Kier molecular flexibility index (Phi) is 7.39. The van der Waals surface area contributed by atoms with Crippen molar-refractivity contribution in [3.05, 3.63) is 40.9 Å². The Bertz CT molecular complexity index is 766. The first-order valence-corrected chi connectivity index (χ1v) is 10.6. The molecule has 0 atom stereocenters. The molecular weight excluding hydrogens is 358 g/mol. The summed E-state index contributed by atoms with van der Waals surface area (Å²) in [6, 6.07) is 7.74. The maximum absolute atomic E-state index is 12.2. The Balaban J connectivity index is 1.57. The van der Waals surface area contributed by atoms with Crippen LogP contribution in [0.5, 0.6) is 5.75 Å². The van der Waals surface area contributed by atoms with Crippen LogP contribution in [0.15, 0.2) is 30.3 Å². The van der Waals surface area contributed by atoms with Gasteiger partial charge in [0.25, 0.3) is 0 Å². The quantitative estimate of drug-likeness (QED) is 0.487. The average Bonchev–Trinajstić information content (AvgIpc) is 3.16. The highest BCUT2D eigenvalue weighted by atomic mass is 32.1. The number of hydrogen-bond donors (Lipinski definition) is 1. The minimum atomic E-state index is -0.204. The van der Waals surface area contributed by atoms with Crippen LogP contribution in [0.4, 0.5) is 5.13 Å². The largest absolute Gasteiger partial charge is 0.493 e. The Morgan fingerprint density at radius 1 is 1.26 bits per heavy atom. The number of nitrogens with one attached hydrogen (secondary N) is 1. The lowest BCUT2D eigenvalue weighted by Gasteiger charge is -2.18. The third kappa shape index (κ3) is 5.89. The van der Waals surface area contributed by atoms with Gasteiger partial charge in [-0.2, -0.15) is 0 Å². The van der Waals surface area contributed by atoms with Crippen LogP contribution in [-0.2, 0) is 4.79 Å². The van der Waals surface area contributed by atoms with E-state index in [-0.39, 0.29) is 5.91 Å². The zero-order chi connectivity index (χ0) is 18.9. The molecule has 1 fully saturated rings. The van der Waals surface area contributed by atoms with Crippen LogP contribution in [0.2, 0.25) is 0 Å². The molecule has 0 bridgehead atoms. The van der Waals surface area contributed by atoms with Gasteiger partial charge in [-0.25, -0.2) is 0 Å². The summed E-state index contributed by atoms with van der Waals surface area (Å²) >= 11 is 1.49. The van der Waals surface area contributed by atoms with Crippen molar-refractivity contribution in [2.45, 2.75) is 57.8 Å². The summed E-state index contributed by atoms with van der Waals surface area (Å²) < 4.78 is 5.80. The first-order chi connectivity index (χ1) is 13.3. The van der Waals surface area contributed by atoms with Crippen LogP contribution in [-0.4, -0.2) is 22.7 Å². The molecule has 144 valence electrons. The molecule has 0 radical (unpaired) electrons. The second kappa shape index (κ2) is 10.2. The van der Waals surface area contributed by atoms with E-state index < -0.39 is 0 Å². The number of hydrogen-bond acceptors (Lipinski definition) is 5. The van der Waals surface area contributed by atoms with Gasteiger partial charge in [0.1, 0.15) is 10.8 Å². The van der Waals surface area contributed by atoms with Crippen molar-refractivity contribution in [3.63, 3.8) is 0 Å². The van der Waals surface area contributed by atoms with Crippen LogP contribution in [0, 0.1) is 0 Å². The molecule has 1 aromatic carbocycles. The molecule has 1 heterocycles. The van der Waals surface area contributed by atoms with Crippen molar-refractivity contribution in [3.8, 4) is 5.75 Å². The molecule has 1 aliphatic carbocycles. The van der Waals surface area contributed by atoms with Crippen LogP contribution in [0.1, 0.15) is 68.4 Å². The number of carbonyl (C=O) groups excluding carboxylic acids is 1. The zero-order valence-corrected chi connectivity index (χ0v) is 16.6. The fraction of sp³-hybridized carbons (Fsp3) is 0.476. The number of nitrogens with zero attached hydrogens (tertiary/aromatic N) is 2. The fourth-order valence-electron chi connectivity index (χ4n) is 3.19. The van der Waals surface area contributed by atoms with Gasteiger partial charge in [0.15, 0.2) is 0 Å². The highest BCUT2D eigenvalue weighted by Crippen LogP contribution is 2.35. The maximum atomic E-state index is 12.2. The normalized spacial score (nSPS) is 15.1. The van der Waals surface area contributed by atoms with Crippen molar-refractivity contribution < 1.29 is 9.53 Å². The minimum absolute atomic E-state index is 0.204. The maximum Gasteiger partial charge on any atom is 0.250 e. The molecule has 6 heteroatoms. The number of carbonyl (C=O) groups is 1. The predicted octanol–water partition coefficient (Wildman–Crippen LogP) is 5.42. The summed E-state index contributed by atoms with van der Waals surface area (Å²) in [5.41, 5.74) is 0.893. The fourth-order valence-corrected chi connectivity index (χ4v) is 4.10. The number of unbranched alkanes of at least 4 members (excludes halogenated alkanes) is 1. The molecular formula is C21H27N3O2S. The molecule has 1 N–H and O–H groups in total. The van der Waals surface area contributed by atoms with Gasteiger partial charge in [-0.05, 0) is 31.4 Å². The summed E-state index contributed by atoms with van der Waals surface area (Å²) in [6.45, 7) is 2.81. The zero-order valence-electron chi connectivity index (χ0n) is 15.8. The van der Waals surface area contributed by atoms with Crippen LogP contribution in [0.25, 0.3) is 6.08 Å². The number of aromatic nitrogens is 2.